The number of aromatic nitrogens is 2. The van der Waals surface area contributed by atoms with E-state index in [1.807, 2.05) is 29.0 Å². The number of hydrogen-bond donors (Lipinski definition) is 0. The molecule has 0 spiro atoms. The summed E-state index contributed by atoms with van der Waals surface area (Å²) in [6.45, 7) is 2.08. The van der Waals surface area contributed by atoms with Gasteiger partial charge in [0.05, 0.1) is 0 Å². The fourth-order valence-electron chi connectivity index (χ4n) is 1.63. The third kappa shape index (κ3) is 2.08. The predicted molar refractivity (Wildman–Crippen MR) is 67.5 cm³/mol. The Morgan fingerprint density at radius 1 is 1.38 bits per heavy atom. The van der Waals surface area contributed by atoms with Crippen molar-refractivity contribution in [3.63, 3.8) is 0 Å². The molecule has 2 rings (SSSR count). The van der Waals surface area contributed by atoms with Gasteiger partial charge in [-0.25, -0.2) is 4.98 Å². The SMILES string of the molecule is CCc1nccn1-c1ccc(CCl)c(Cl)c1. The average Bonchev–Trinajstić information content (AvgIpc) is 2.77. The van der Waals surface area contributed by atoms with Gasteiger partial charge in [-0.15, -0.1) is 11.6 Å². The largest absolute Gasteiger partial charge is 0.304 e. The second-order valence-electron chi connectivity index (χ2n) is 3.48. The van der Waals surface area contributed by atoms with Crippen LogP contribution in [-0.2, 0) is 12.3 Å². The van der Waals surface area contributed by atoms with E-state index >= 15 is 0 Å². The fraction of sp³-hybridized carbons (Fsp3) is 0.250. The van der Waals surface area contributed by atoms with E-state index in [0.717, 1.165) is 23.5 Å². The van der Waals surface area contributed by atoms with E-state index in [4.69, 9.17) is 23.2 Å². The van der Waals surface area contributed by atoms with Crippen molar-refractivity contribution in [2.45, 2.75) is 19.2 Å². The third-order valence-corrected chi connectivity index (χ3v) is 3.13. The zero-order valence-corrected chi connectivity index (χ0v) is 10.5. The molecule has 0 atom stereocenters. The third-order valence-electron chi connectivity index (χ3n) is 2.49. The molecule has 0 bridgehead atoms. The summed E-state index contributed by atoms with van der Waals surface area (Å²) in [6, 6.07) is 5.87. The Kier molecular flexibility index (Phi) is 3.52. The second-order valence-corrected chi connectivity index (χ2v) is 4.15. The monoisotopic (exact) mass is 254 g/mol. The Morgan fingerprint density at radius 2 is 2.19 bits per heavy atom. The summed E-state index contributed by atoms with van der Waals surface area (Å²) in [5.41, 5.74) is 1.97. The molecule has 1 aromatic heterocycles. The first-order chi connectivity index (χ1) is 7.76. The van der Waals surface area contributed by atoms with Crippen molar-refractivity contribution >= 4 is 23.2 Å². The van der Waals surface area contributed by atoms with E-state index in [1.54, 1.807) is 6.20 Å². The molecule has 84 valence electrons. The normalized spacial score (nSPS) is 10.7. The number of alkyl halides is 1. The van der Waals surface area contributed by atoms with Crippen molar-refractivity contribution in [2.24, 2.45) is 0 Å². The quantitative estimate of drug-likeness (QED) is 0.762. The van der Waals surface area contributed by atoms with E-state index in [9.17, 15) is 0 Å². The van der Waals surface area contributed by atoms with Gasteiger partial charge in [-0.3, -0.25) is 0 Å². The van der Waals surface area contributed by atoms with Crippen molar-refractivity contribution < 1.29 is 0 Å². The highest BCUT2D eigenvalue weighted by Crippen LogP contribution is 2.22. The van der Waals surface area contributed by atoms with Crippen LogP contribution >= 0.6 is 23.2 Å². The van der Waals surface area contributed by atoms with Crippen LogP contribution in [0.3, 0.4) is 0 Å². The summed E-state index contributed by atoms with van der Waals surface area (Å²) >= 11 is 11.9. The lowest BCUT2D eigenvalue weighted by Gasteiger charge is -2.08. The van der Waals surface area contributed by atoms with E-state index in [2.05, 4.69) is 11.9 Å². The molecule has 0 fully saturated rings. The van der Waals surface area contributed by atoms with Crippen LogP contribution in [0.25, 0.3) is 5.69 Å². The Morgan fingerprint density at radius 3 is 2.81 bits per heavy atom. The predicted octanol–water partition coefficient (Wildman–Crippen LogP) is 3.83. The molecular weight excluding hydrogens is 243 g/mol. The second kappa shape index (κ2) is 4.89. The number of aryl methyl sites for hydroxylation is 1. The molecule has 0 saturated carbocycles. The van der Waals surface area contributed by atoms with Gasteiger partial charge in [-0.05, 0) is 17.7 Å². The van der Waals surface area contributed by atoms with Gasteiger partial charge in [0.1, 0.15) is 5.82 Å². The van der Waals surface area contributed by atoms with Crippen LogP contribution in [0, 0.1) is 0 Å². The van der Waals surface area contributed by atoms with Crippen LogP contribution in [0.4, 0.5) is 0 Å². The number of hydrogen-bond acceptors (Lipinski definition) is 1. The van der Waals surface area contributed by atoms with Crippen molar-refractivity contribution in [1.29, 1.82) is 0 Å². The highest BCUT2D eigenvalue weighted by molar-refractivity contribution is 6.32. The van der Waals surface area contributed by atoms with Gasteiger partial charge in [-0.1, -0.05) is 24.6 Å². The number of imidazole rings is 1. The lowest BCUT2D eigenvalue weighted by molar-refractivity contribution is 0.891. The van der Waals surface area contributed by atoms with Gasteiger partial charge in [-0.2, -0.15) is 0 Å². The van der Waals surface area contributed by atoms with Gasteiger partial charge >= 0.3 is 0 Å². The molecule has 2 aromatic rings. The molecular formula is C12H12Cl2N2. The van der Waals surface area contributed by atoms with Gasteiger partial charge < -0.3 is 4.57 Å². The first kappa shape index (κ1) is 11.5. The molecule has 4 heteroatoms. The first-order valence-electron chi connectivity index (χ1n) is 5.13. The summed E-state index contributed by atoms with van der Waals surface area (Å²) in [7, 11) is 0. The highest BCUT2D eigenvalue weighted by Gasteiger charge is 2.05. The average molecular weight is 255 g/mol. The minimum atomic E-state index is 0.434. The summed E-state index contributed by atoms with van der Waals surface area (Å²) in [5.74, 6) is 1.46. The molecule has 0 radical (unpaired) electrons. The number of nitrogens with zero attached hydrogens (tertiary/aromatic N) is 2. The van der Waals surface area contributed by atoms with Crippen LogP contribution in [0.1, 0.15) is 18.3 Å². The summed E-state index contributed by atoms with van der Waals surface area (Å²) in [4.78, 5) is 4.28. The number of halogens is 2. The van der Waals surface area contributed by atoms with Gasteiger partial charge in [0.15, 0.2) is 0 Å². The van der Waals surface area contributed by atoms with Crippen molar-refractivity contribution in [3.8, 4) is 5.69 Å². The molecule has 0 N–H and O–H groups in total. The van der Waals surface area contributed by atoms with E-state index in [-0.39, 0.29) is 0 Å². The zero-order chi connectivity index (χ0) is 11.5. The molecule has 0 aliphatic heterocycles. The standard InChI is InChI=1S/C12H12Cl2N2/c1-2-12-15-5-6-16(12)10-4-3-9(8-13)11(14)7-10/h3-7H,2,8H2,1H3. The lowest BCUT2D eigenvalue weighted by Crippen LogP contribution is -1.99. The van der Waals surface area contributed by atoms with Crippen molar-refractivity contribution in [1.82, 2.24) is 9.55 Å². The van der Waals surface area contributed by atoms with Gasteiger partial charge in [0.25, 0.3) is 0 Å². The first-order valence-corrected chi connectivity index (χ1v) is 6.04. The van der Waals surface area contributed by atoms with Crippen LogP contribution in [0.5, 0.6) is 0 Å². The number of rotatable bonds is 3. The molecule has 16 heavy (non-hydrogen) atoms. The maximum Gasteiger partial charge on any atom is 0.112 e. The van der Waals surface area contributed by atoms with Crippen LogP contribution < -0.4 is 0 Å². The van der Waals surface area contributed by atoms with E-state index in [0.29, 0.717) is 10.9 Å². The Bertz CT molecular complexity index is 492. The Balaban J connectivity index is 2.45. The molecule has 0 aliphatic carbocycles. The summed E-state index contributed by atoms with van der Waals surface area (Å²) < 4.78 is 2.03. The van der Waals surface area contributed by atoms with Crippen molar-refractivity contribution in [3.05, 3.63) is 47.0 Å². The fourth-order valence-corrected chi connectivity index (χ4v) is 2.17. The minimum absolute atomic E-state index is 0.434. The number of benzene rings is 1. The van der Waals surface area contributed by atoms with Gasteiger partial charge in [0, 0.05) is 35.4 Å². The lowest BCUT2D eigenvalue weighted by atomic mass is 10.2. The summed E-state index contributed by atoms with van der Waals surface area (Å²) in [6.07, 6.45) is 4.62. The zero-order valence-electron chi connectivity index (χ0n) is 8.95. The Hall–Kier alpha value is -0.990. The minimum Gasteiger partial charge on any atom is -0.304 e. The molecule has 2 nitrogen and oxygen atoms in total. The molecule has 0 amide bonds. The van der Waals surface area contributed by atoms with E-state index in [1.165, 1.54) is 0 Å². The maximum atomic E-state index is 6.12. The molecule has 0 unspecified atom stereocenters. The van der Waals surface area contributed by atoms with Gasteiger partial charge in [0.2, 0.25) is 0 Å². The molecule has 0 saturated heterocycles. The Labute approximate surface area is 105 Å². The smallest absolute Gasteiger partial charge is 0.112 e. The molecule has 0 aliphatic rings. The van der Waals surface area contributed by atoms with Crippen LogP contribution in [0.15, 0.2) is 30.6 Å². The topological polar surface area (TPSA) is 17.8 Å². The summed E-state index contributed by atoms with van der Waals surface area (Å²) in [5, 5.41) is 0.697. The maximum absolute atomic E-state index is 6.12. The molecule has 1 heterocycles. The van der Waals surface area contributed by atoms with Crippen LogP contribution in [-0.4, -0.2) is 9.55 Å². The van der Waals surface area contributed by atoms with E-state index < -0.39 is 0 Å². The van der Waals surface area contributed by atoms with Crippen molar-refractivity contribution in [2.75, 3.05) is 0 Å². The highest BCUT2D eigenvalue weighted by atomic mass is 35.5. The van der Waals surface area contributed by atoms with Crippen LogP contribution in [0.2, 0.25) is 5.02 Å². The molecule has 1 aromatic carbocycles.